The maximum atomic E-state index is 5.60. The van der Waals surface area contributed by atoms with Crippen LogP contribution in [0.5, 0.6) is 0 Å². The van der Waals surface area contributed by atoms with Crippen LogP contribution in [0.4, 0.5) is 0 Å². The predicted molar refractivity (Wildman–Crippen MR) is 126 cm³/mol. The monoisotopic (exact) mass is 481 g/mol. The SMILES string of the molecule is CC(C)(C)c1ccc(-c2nnc(SCc3ccc(Br)cc3)n2Cc2ccco2)cc1. The molecule has 0 N–H and O–H groups in total. The molecular weight excluding hydrogens is 458 g/mol. The molecule has 0 aliphatic heterocycles. The molecule has 0 saturated heterocycles. The average Bonchev–Trinajstić information content (AvgIpc) is 3.38. The van der Waals surface area contributed by atoms with Gasteiger partial charge < -0.3 is 4.42 Å². The molecule has 4 aromatic rings. The first-order valence-electron chi connectivity index (χ1n) is 9.84. The van der Waals surface area contributed by atoms with Crippen molar-refractivity contribution in [2.45, 2.75) is 43.6 Å². The third kappa shape index (κ3) is 4.87. The van der Waals surface area contributed by atoms with Gasteiger partial charge in [0.2, 0.25) is 0 Å². The molecule has 2 heterocycles. The van der Waals surface area contributed by atoms with E-state index in [4.69, 9.17) is 4.42 Å². The Kier molecular flexibility index (Phi) is 6.16. The normalized spacial score (nSPS) is 11.7. The fraction of sp³-hybridized carbons (Fsp3) is 0.250. The number of nitrogens with zero attached hydrogens (tertiary/aromatic N) is 3. The van der Waals surface area contributed by atoms with Crippen molar-refractivity contribution in [1.82, 2.24) is 14.8 Å². The highest BCUT2D eigenvalue weighted by molar-refractivity contribution is 9.10. The molecule has 154 valence electrons. The number of rotatable bonds is 6. The molecular formula is C24H24BrN3OS. The average molecular weight is 482 g/mol. The van der Waals surface area contributed by atoms with Crippen LogP contribution in [-0.2, 0) is 17.7 Å². The Morgan fingerprint density at radius 1 is 0.967 bits per heavy atom. The predicted octanol–water partition coefficient (Wildman–Crippen LogP) is 6.94. The van der Waals surface area contributed by atoms with Crippen LogP contribution in [0.15, 0.2) is 81.0 Å². The standard InChI is InChI=1S/C24H24BrN3OS/c1-24(2,3)19-10-8-18(9-11-19)22-26-27-23(28(22)15-21-5-4-14-29-21)30-16-17-6-12-20(25)13-7-17/h4-14H,15-16H2,1-3H3. The molecule has 0 spiro atoms. The van der Waals surface area contributed by atoms with Crippen molar-refractivity contribution in [3.63, 3.8) is 0 Å². The second-order valence-electron chi connectivity index (χ2n) is 8.21. The summed E-state index contributed by atoms with van der Waals surface area (Å²) < 4.78 is 8.82. The summed E-state index contributed by atoms with van der Waals surface area (Å²) in [5.41, 5.74) is 3.71. The summed E-state index contributed by atoms with van der Waals surface area (Å²) in [4.78, 5) is 0. The Morgan fingerprint density at radius 3 is 2.33 bits per heavy atom. The van der Waals surface area contributed by atoms with E-state index < -0.39 is 0 Å². The molecule has 0 aliphatic carbocycles. The molecule has 0 radical (unpaired) electrons. The summed E-state index contributed by atoms with van der Waals surface area (Å²) in [6.07, 6.45) is 1.70. The van der Waals surface area contributed by atoms with Gasteiger partial charge in [0, 0.05) is 15.8 Å². The molecule has 2 aromatic carbocycles. The van der Waals surface area contributed by atoms with Crippen molar-refractivity contribution >= 4 is 27.7 Å². The summed E-state index contributed by atoms with van der Waals surface area (Å²) in [6.45, 7) is 7.26. The number of thioether (sulfide) groups is 1. The Bertz CT molecular complexity index is 1100. The van der Waals surface area contributed by atoms with Gasteiger partial charge in [-0.1, -0.05) is 84.9 Å². The largest absolute Gasteiger partial charge is 0.467 e. The molecule has 0 saturated carbocycles. The highest BCUT2D eigenvalue weighted by Gasteiger charge is 2.18. The van der Waals surface area contributed by atoms with Crippen LogP contribution in [0.3, 0.4) is 0 Å². The second-order valence-corrected chi connectivity index (χ2v) is 10.1. The molecule has 0 atom stereocenters. The van der Waals surface area contributed by atoms with Gasteiger partial charge >= 0.3 is 0 Å². The van der Waals surface area contributed by atoms with Crippen LogP contribution < -0.4 is 0 Å². The van der Waals surface area contributed by atoms with E-state index in [0.717, 1.165) is 32.5 Å². The topological polar surface area (TPSA) is 43.9 Å². The van der Waals surface area contributed by atoms with E-state index in [1.54, 1.807) is 18.0 Å². The van der Waals surface area contributed by atoms with Gasteiger partial charge in [-0.2, -0.15) is 0 Å². The Morgan fingerprint density at radius 2 is 1.70 bits per heavy atom. The van der Waals surface area contributed by atoms with Crippen molar-refractivity contribution in [3.05, 3.63) is 88.3 Å². The summed E-state index contributed by atoms with van der Waals surface area (Å²) in [7, 11) is 0. The lowest BCUT2D eigenvalue weighted by molar-refractivity contribution is 0.485. The third-order valence-corrected chi connectivity index (χ3v) is 6.47. The minimum Gasteiger partial charge on any atom is -0.467 e. The first kappa shape index (κ1) is 20.9. The first-order chi connectivity index (χ1) is 14.4. The zero-order chi connectivity index (χ0) is 21.1. The van der Waals surface area contributed by atoms with Crippen molar-refractivity contribution < 1.29 is 4.42 Å². The van der Waals surface area contributed by atoms with E-state index in [1.807, 2.05) is 12.1 Å². The fourth-order valence-electron chi connectivity index (χ4n) is 3.16. The maximum absolute atomic E-state index is 5.60. The smallest absolute Gasteiger partial charge is 0.192 e. The molecule has 4 rings (SSSR count). The van der Waals surface area contributed by atoms with Crippen molar-refractivity contribution in [2.75, 3.05) is 0 Å². The van der Waals surface area contributed by atoms with Crippen molar-refractivity contribution in [1.29, 1.82) is 0 Å². The van der Waals surface area contributed by atoms with Crippen LogP contribution in [0.1, 0.15) is 37.7 Å². The van der Waals surface area contributed by atoms with E-state index in [-0.39, 0.29) is 5.41 Å². The molecule has 0 unspecified atom stereocenters. The third-order valence-electron chi connectivity index (χ3n) is 4.90. The zero-order valence-electron chi connectivity index (χ0n) is 17.3. The van der Waals surface area contributed by atoms with E-state index >= 15 is 0 Å². The van der Waals surface area contributed by atoms with Crippen LogP contribution in [0, 0.1) is 0 Å². The lowest BCUT2D eigenvalue weighted by atomic mass is 9.87. The van der Waals surface area contributed by atoms with Crippen molar-refractivity contribution in [2.24, 2.45) is 0 Å². The van der Waals surface area contributed by atoms with Gasteiger partial charge in [0.15, 0.2) is 11.0 Å². The summed E-state index contributed by atoms with van der Waals surface area (Å²) in [5.74, 6) is 2.56. The van der Waals surface area contributed by atoms with Gasteiger partial charge in [0.1, 0.15) is 5.76 Å². The number of hydrogen-bond acceptors (Lipinski definition) is 4. The molecule has 0 fully saturated rings. The minimum atomic E-state index is 0.117. The number of benzene rings is 2. The Balaban J connectivity index is 1.63. The van der Waals surface area contributed by atoms with E-state index in [1.165, 1.54) is 11.1 Å². The van der Waals surface area contributed by atoms with Crippen LogP contribution in [0.2, 0.25) is 0 Å². The van der Waals surface area contributed by atoms with Gasteiger partial charge in [-0.3, -0.25) is 4.57 Å². The lowest BCUT2D eigenvalue weighted by Crippen LogP contribution is -2.10. The number of halogens is 1. The van der Waals surface area contributed by atoms with Gasteiger partial charge in [0.05, 0.1) is 12.8 Å². The van der Waals surface area contributed by atoms with E-state index in [2.05, 4.69) is 100.0 Å². The van der Waals surface area contributed by atoms with E-state index in [0.29, 0.717) is 6.54 Å². The number of aromatic nitrogens is 3. The molecule has 30 heavy (non-hydrogen) atoms. The summed E-state index contributed by atoms with van der Waals surface area (Å²) in [6, 6.07) is 20.9. The highest BCUT2D eigenvalue weighted by Crippen LogP contribution is 2.30. The van der Waals surface area contributed by atoms with Gasteiger partial charge in [0.25, 0.3) is 0 Å². The number of hydrogen-bond donors (Lipinski definition) is 0. The molecule has 0 aliphatic rings. The van der Waals surface area contributed by atoms with Crippen LogP contribution in [-0.4, -0.2) is 14.8 Å². The van der Waals surface area contributed by atoms with Crippen molar-refractivity contribution in [3.8, 4) is 11.4 Å². The highest BCUT2D eigenvalue weighted by atomic mass is 79.9. The molecule has 6 heteroatoms. The minimum absolute atomic E-state index is 0.117. The maximum Gasteiger partial charge on any atom is 0.192 e. The molecule has 2 aromatic heterocycles. The first-order valence-corrected chi connectivity index (χ1v) is 11.6. The lowest BCUT2D eigenvalue weighted by Gasteiger charge is -2.19. The molecule has 0 bridgehead atoms. The van der Waals surface area contributed by atoms with Gasteiger partial charge in [-0.25, -0.2) is 0 Å². The van der Waals surface area contributed by atoms with E-state index in [9.17, 15) is 0 Å². The fourth-order valence-corrected chi connectivity index (χ4v) is 4.32. The number of furan rings is 1. The second kappa shape index (κ2) is 8.82. The summed E-state index contributed by atoms with van der Waals surface area (Å²) in [5, 5.41) is 9.91. The Labute approximate surface area is 189 Å². The summed E-state index contributed by atoms with van der Waals surface area (Å²) >= 11 is 5.17. The van der Waals surface area contributed by atoms with Gasteiger partial charge in [-0.15, -0.1) is 10.2 Å². The quantitative estimate of drug-likeness (QED) is 0.279. The molecule has 0 amide bonds. The Hall–Kier alpha value is -2.31. The zero-order valence-corrected chi connectivity index (χ0v) is 19.7. The van der Waals surface area contributed by atoms with Gasteiger partial charge in [-0.05, 0) is 40.8 Å². The molecule has 4 nitrogen and oxygen atoms in total. The van der Waals surface area contributed by atoms with Crippen LogP contribution >= 0.6 is 27.7 Å². The van der Waals surface area contributed by atoms with Crippen LogP contribution in [0.25, 0.3) is 11.4 Å².